The Kier molecular flexibility index (Phi) is 6.02. The van der Waals surface area contributed by atoms with Gasteiger partial charge in [-0.05, 0) is 19.3 Å². The molecule has 1 rings (SSSR count). The SMILES string of the molecule is CCc1nn(C)cc1NC(=O)NCCCC(C)C(=O)O. The van der Waals surface area contributed by atoms with Crippen molar-refractivity contribution >= 4 is 17.7 Å². The van der Waals surface area contributed by atoms with Gasteiger partial charge in [0.15, 0.2) is 0 Å². The fraction of sp³-hybridized carbons (Fsp3) is 0.615. The first-order valence-electron chi connectivity index (χ1n) is 6.74. The molecule has 1 aromatic heterocycles. The number of carboxylic acids is 1. The zero-order valence-electron chi connectivity index (χ0n) is 12.1. The smallest absolute Gasteiger partial charge is 0.319 e. The van der Waals surface area contributed by atoms with E-state index >= 15 is 0 Å². The number of amides is 2. The van der Waals surface area contributed by atoms with Crippen LogP contribution >= 0.6 is 0 Å². The van der Waals surface area contributed by atoms with E-state index in [0.29, 0.717) is 25.1 Å². The van der Waals surface area contributed by atoms with Crippen LogP contribution in [-0.4, -0.2) is 33.4 Å². The molecule has 0 saturated heterocycles. The van der Waals surface area contributed by atoms with Gasteiger partial charge < -0.3 is 15.7 Å². The summed E-state index contributed by atoms with van der Waals surface area (Å²) in [6, 6.07) is -0.296. The second-order valence-corrected chi connectivity index (χ2v) is 4.78. The molecule has 0 aliphatic rings. The highest BCUT2D eigenvalue weighted by Crippen LogP contribution is 2.13. The Morgan fingerprint density at radius 3 is 2.80 bits per heavy atom. The number of aromatic nitrogens is 2. The zero-order chi connectivity index (χ0) is 15.1. The Hall–Kier alpha value is -2.05. The molecule has 0 aliphatic carbocycles. The predicted octanol–water partition coefficient (Wildman–Crippen LogP) is 1.60. The highest BCUT2D eigenvalue weighted by Gasteiger charge is 2.11. The van der Waals surface area contributed by atoms with Crippen molar-refractivity contribution < 1.29 is 14.7 Å². The van der Waals surface area contributed by atoms with E-state index in [4.69, 9.17) is 5.11 Å². The molecule has 1 heterocycles. The molecule has 0 aromatic carbocycles. The van der Waals surface area contributed by atoms with Crippen molar-refractivity contribution in [3.8, 4) is 0 Å². The number of hydrogen-bond donors (Lipinski definition) is 3. The summed E-state index contributed by atoms with van der Waals surface area (Å²) in [6.07, 6.45) is 3.68. The van der Waals surface area contributed by atoms with Gasteiger partial charge in [-0.3, -0.25) is 9.48 Å². The molecule has 7 nitrogen and oxygen atoms in total. The van der Waals surface area contributed by atoms with E-state index in [0.717, 1.165) is 12.1 Å². The summed E-state index contributed by atoms with van der Waals surface area (Å²) >= 11 is 0. The van der Waals surface area contributed by atoms with Gasteiger partial charge in [0.05, 0.1) is 17.3 Å². The van der Waals surface area contributed by atoms with Crippen molar-refractivity contribution in [3.05, 3.63) is 11.9 Å². The monoisotopic (exact) mass is 282 g/mol. The first-order chi connectivity index (χ1) is 9.43. The third kappa shape index (κ3) is 4.91. The maximum Gasteiger partial charge on any atom is 0.319 e. The van der Waals surface area contributed by atoms with Crippen molar-refractivity contribution in [2.24, 2.45) is 13.0 Å². The number of carbonyl (C=O) groups excluding carboxylic acids is 1. The van der Waals surface area contributed by atoms with E-state index < -0.39 is 5.97 Å². The topological polar surface area (TPSA) is 96.3 Å². The number of carboxylic acid groups (broad SMARTS) is 1. The molecule has 112 valence electrons. The number of nitrogens with zero attached hydrogens (tertiary/aromatic N) is 2. The lowest BCUT2D eigenvalue weighted by molar-refractivity contribution is -0.141. The van der Waals surface area contributed by atoms with Crippen LogP contribution in [0, 0.1) is 5.92 Å². The third-order valence-corrected chi connectivity index (χ3v) is 3.01. The molecular weight excluding hydrogens is 260 g/mol. The number of anilines is 1. The molecule has 2 amide bonds. The van der Waals surface area contributed by atoms with Crippen LogP contribution < -0.4 is 10.6 Å². The van der Waals surface area contributed by atoms with Gasteiger partial charge in [0, 0.05) is 19.8 Å². The molecule has 1 aromatic rings. The molecule has 20 heavy (non-hydrogen) atoms. The van der Waals surface area contributed by atoms with Crippen molar-refractivity contribution in [1.82, 2.24) is 15.1 Å². The van der Waals surface area contributed by atoms with Crippen LogP contribution in [0.4, 0.5) is 10.5 Å². The van der Waals surface area contributed by atoms with E-state index in [1.807, 2.05) is 6.92 Å². The quantitative estimate of drug-likeness (QED) is 0.662. The molecule has 1 atom stereocenters. The summed E-state index contributed by atoms with van der Waals surface area (Å²) in [4.78, 5) is 22.3. The van der Waals surface area contributed by atoms with Crippen molar-refractivity contribution in [2.75, 3.05) is 11.9 Å². The van der Waals surface area contributed by atoms with E-state index in [1.165, 1.54) is 0 Å². The summed E-state index contributed by atoms with van der Waals surface area (Å²) in [5.41, 5.74) is 1.54. The van der Waals surface area contributed by atoms with Gasteiger partial charge in [-0.25, -0.2) is 4.79 Å². The van der Waals surface area contributed by atoms with E-state index in [-0.39, 0.29) is 11.9 Å². The molecule has 0 aliphatic heterocycles. The Labute approximate surface area is 118 Å². The lowest BCUT2D eigenvalue weighted by Crippen LogP contribution is -2.30. The number of nitrogens with one attached hydrogen (secondary N) is 2. The molecule has 0 spiro atoms. The maximum atomic E-state index is 11.7. The van der Waals surface area contributed by atoms with Gasteiger partial charge in [0.1, 0.15) is 0 Å². The van der Waals surface area contributed by atoms with Crippen molar-refractivity contribution in [2.45, 2.75) is 33.1 Å². The van der Waals surface area contributed by atoms with Crippen LogP contribution in [0.5, 0.6) is 0 Å². The Bertz CT molecular complexity index is 470. The van der Waals surface area contributed by atoms with Gasteiger partial charge in [-0.15, -0.1) is 0 Å². The minimum atomic E-state index is -0.808. The fourth-order valence-corrected chi connectivity index (χ4v) is 1.80. The Morgan fingerprint density at radius 2 is 2.20 bits per heavy atom. The molecule has 0 saturated carbocycles. The number of aryl methyl sites for hydroxylation is 2. The average Bonchev–Trinajstić information content (AvgIpc) is 2.74. The Morgan fingerprint density at radius 1 is 1.50 bits per heavy atom. The summed E-state index contributed by atoms with van der Waals surface area (Å²) in [5, 5.41) is 18.4. The zero-order valence-corrected chi connectivity index (χ0v) is 12.1. The summed E-state index contributed by atoms with van der Waals surface area (Å²) in [5.74, 6) is -1.19. The molecule has 0 fully saturated rings. The number of carbonyl (C=O) groups is 2. The minimum Gasteiger partial charge on any atom is -0.481 e. The first kappa shape index (κ1) is 16.0. The van der Waals surface area contributed by atoms with Crippen LogP contribution in [0.25, 0.3) is 0 Å². The predicted molar refractivity (Wildman–Crippen MR) is 75.6 cm³/mol. The standard InChI is InChI=1S/C13H22N4O3/c1-4-10-11(8-17(3)16-10)15-13(20)14-7-5-6-9(2)12(18)19/h8-9H,4-7H2,1-3H3,(H,18,19)(H2,14,15,20). The lowest BCUT2D eigenvalue weighted by Gasteiger charge is -2.08. The second kappa shape index (κ2) is 7.52. The first-order valence-corrected chi connectivity index (χ1v) is 6.74. The van der Waals surface area contributed by atoms with Gasteiger partial charge in [-0.2, -0.15) is 5.10 Å². The second-order valence-electron chi connectivity index (χ2n) is 4.78. The molecule has 0 bridgehead atoms. The normalized spacial score (nSPS) is 11.9. The van der Waals surface area contributed by atoms with Gasteiger partial charge in [0.25, 0.3) is 0 Å². The summed E-state index contributed by atoms with van der Waals surface area (Å²) < 4.78 is 1.66. The minimum absolute atomic E-state index is 0.296. The Balaban J connectivity index is 2.31. The fourth-order valence-electron chi connectivity index (χ4n) is 1.80. The summed E-state index contributed by atoms with van der Waals surface area (Å²) in [6.45, 7) is 4.08. The van der Waals surface area contributed by atoms with Crippen LogP contribution in [0.3, 0.4) is 0 Å². The molecule has 7 heteroatoms. The van der Waals surface area contributed by atoms with Crippen LogP contribution in [0.1, 0.15) is 32.4 Å². The lowest BCUT2D eigenvalue weighted by atomic mass is 10.1. The van der Waals surface area contributed by atoms with Crippen LogP contribution in [0.15, 0.2) is 6.20 Å². The van der Waals surface area contributed by atoms with E-state index in [1.54, 1.807) is 24.9 Å². The van der Waals surface area contributed by atoms with Gasteiger partial charge >= 0.3 is 12.0 Å². The highest BCUT2D eigenvalue weighted by atomic mass is 16.4. The van der Waals surface area contributed by atoms with Crippen molar-refractivity contribution in [1.29, 1.82) is 0 Å². The third-order valence-electron chi connectivity index (χ3n) is 3.01. The van der Waals surface area contributed by atoms with Crippen molar-refractivity contribution in [3.63, 3.8) is 0 Å². The molecule has 0 radical (unpaired) electrons. The summed E-state index contributed by atoms with van der Waals surface area (Å²) in [7, 11) is 1.80. The average molecular weight is 282 g/mol. The van der Waals surface area contributed by atoms with E-state index in [2.05, 4.69) is 15.7 Å². The molecule has 1 unspecified atom stereocenters. The largest absolute Gasteiger partial charge is 0.481 e. The maximum absolute atomic E-state index is 11.7. The number of hydrogen-bond acceptors (Lipinski definition) is 3. The van der Waals surface area contributed by atoms with Crippen LogP contribution in [0.2, 0.25) is 0 Å². The number of rotatable bonds is 7. The number of aliphatic carboxylic acids is 1. The van der Waals surface area contributed by atoms with Crippen LogP contribution in [-0.2, 0) is 18.3 Å². The van der Waals surface area contributed by atoms with E-state index in [9.17, 15) is 9.59 Å². The van der Waals surface area contributed by atoms with Gasteiger partial charge in [0.2, 0.25) is 0 Å². The highest BCUT2D eigenvalue weighted by molar-refractivity contribution is 5.89. The molecule has 3 N–H and O–H groups in total. The van der Waals surface area contributed by atoms with Gasteiger partial charge in [-0.1, -0.05) is 13.8 Å². The number of urea groups is 1. The molecular formula is C13H22N4O3.